The summed E-state index contributed by atoms with van der Waals surface area (Å²) in [4.78, 5) is 12.4. The number of rotatable bonds is 5. The van der Waals surface area contributed by atoms with Gasteiger partial charge in [-0.15, -0.1) is 0 Å². The van der Waals surface area contributed by atoms with Gasteiger partial charge in [0.15, 0.2) is 0 Å². The Labute approximate surface area is 139 Å². The first-order chi connectivity index (χ1) is 10.9. The molecule has 0 unspecified atom stereocenters. The van der Waals surface area contributed by atoms with Crippen molar-refractivity contribution in [1.29, 1.82) is 0 Å². The molecule has 1 aliphatic carbocycles. The van der Waals surface area contributed by atoms with E-state index in [2.05, 4.69) is 5.32 Å². The molecule has 6 heteroatoms. The Morgan fingerprint density at radius 3 is 2.17 bits per heavy atom. The van der Waals surface area contributed by atoms with E-state index in [-0.39, 0.29) is 10.8 Å². The zero-order valence-corrected chi connectivity index (χ0v) is 14.7. The van der Waals surface area contributed by atoms with E-state index in [1.165, 1.54) is 44.1 Å². The number of carbonyl (C=O) groups excluding carboxylic acids is 1. The Balaban J connectivity index is 1.94. The van der Waals surface area contributed by atoms with E-state index >= 15 is 0 Å². The molecule has 1 amide bonds. The predicted octanol–water partition coefficient (Wildman–Crippen LogP) is 2.32. The number of nitrogens with one attached hydrogen (secondary N) is 1. The minimum atomic E-state index is -3.42. The third kappa shape index (κ3) is 5.04. The van der Waals surface area contributed by atoms with E-state index in [9.17, 15) is 13.2 Å². The first-order valence-electron chi connectivity index (χ1n) is 8.20. The van der Waals surface area contributed by atoms with Gasteiger partial charge in [0, 0.05) is 20.1 Å². The molecule has 128 valence electrons. The van der Waals surface area contributed by atoms with Crippen LogP contribution in [0.4, 0.5) is 0 Å². The molecule has 5 nitrogen and oxygen atoms in total. The zero-order valence-electron chi connectivity index (χ0n) is 13.9. The van der Waals surface area contributed by atoms with Crippen molar-refractivity contribution in [2.24, 2.45) is 0 Å². The number of nitrogens with zero attached hydrogens (tertiary/aromatic N) is 1. The topological polar surface area (TPSA) is 66.5 Å². The average molecular weight is 338 g/mol. The molecular weight excluding hydrogens is 312 g/mol. The Bertz CT molecular complexity index is 616. The fourth-order valence-corrected chi connectivity index (χ4v) is 3.78. The highest BCUT2D eigenvalue weighted by atomic mass is 32.2. The van der Waals surface area contributed by atoms with E-state index in [1.807, 2.05) is 0 Å². The summed E-state index contributed by atoms with van der Waals surface area (Å²) < 4.78 is 25.2. The number of amides is 1. The second kappa shape index (κ2) is 7.93. The van der Waals surface area contributed by atoms with Crippen LogP contribution in [0.25, 0.3) is 0 Å². The van der Waals surface area contributed by atoms with Gasteiger partial charge in [0.05, 0.1) is 11.3 Å². The van der Waals surface area contributed by atoms with Crippen molar-refractivity contribution < 1.29 is 13.2 Å². The van der Waals surface area contributed by atoms with Gasteiger partial charge in [0.25, 0.3) is 0 Å². The lowest BCUT2D eigenvalue weighted by Gasteiger charge is -2.16. The van der Waals surface area contributed by atoms with Crippen LogP contribution in [-0.4, -0.2) is 38.8 Å². The maximum Gasteiger partial charge on any atom is 0.242 e. The SMILES string of the molecule is CN(C)S(=O)(=O)c1ccc(CC(=O)NC2CCCCCC2)cc1. The van der Waals surface area contributed by atoms with Gasteiger partial charge in [0.2, 0.25) is 15.9 Å². The molecule has 0 spiro atoms. The van der Waals surface area contributed by atoms with Crippen molar-refractivity contribution in [2.45, 2.75) is 55.9 Å². The van der Waals surface area contributed by atoms with Crippen LogP contribution in [-0.2, 0) is 21.2 Å². The van der Waals surface area contributed by atoms with Crippen LogP contribution in [0.2, 0.25) is 0 Å². The fourth-order valence-electron chi connectivity index (χ4n) is 2.88. The molecule has 0 radical (unpaired) electrons. The van der Waals surface area contributed by atoms with Crippen molar-refractivity contribution in [2.75, 3.05) is 14.1 Å². The number of carbonyl (C=O) groups is 1. The number of hydrogen-bond acceptors (Lipinski definition) is 3. The highest BCUT2D eigenvalue weighted by molar-refractivity contribution is 7.89. The molecule has 1 aromatic rings. The largest absolute Gasteiger partial charge is 0.353 e. The standard InChI is InChI=1S/C17H26N2O3S/c1-19(2)23(21,22)16-11-9-14(10-12-16)13-17(20)18-15-7-5-3-4-6-8-15/h9-12,15H,3-8,13H2,1-2H3,(H,18,20). The van der Waals surface area contributed by atoms with Gasteiger partial charge in [-0.05, 0) is 30.5 Å². The van der Waals surface area contributed by atoms with Crippen LogP contribution in [0.3, 0.4) is 0 Å². The molecule has 1 aromatic carbocycles. The molecule has 0 saturated heterocycles. The predicted molar refractivity (Wildman–Crippen MR) is 90.7 cm³/mol. The van der Waals surface area contributed by atoms with Crippen molar-refractivity contribution in [3.05, 3.63) is 29.8 Å². The Morgan fingerprint density at radius 2 is 1.65 bits per heavy atom. The van der Waals surface area contributed by atoms with Crippen LogP contribution in [0.1, 0.15) is 44.1 Å². The van der Waals surface area contributed by atoms with E-state index < -0.39 is 10.0 Å². The van der Waals surface area contributed by atoms with Crippen molar-refractivity contribution in [3.63, 3.8) is 0 Å². The second-order valence-electron chi connectivity index (χ2n) is 6.36. The van der Waals surface area contributed by atoms with E-state index in [1.54, 1.807) is 24.3 Å². The molecule has 1 N–H and O–H groups in total. The molecule has 0 heterocycles. The molecule has 1 aliphatic rings. The van der Waals surface area contributed by atoms with Crippen molar-refractivity contribution >= 4 is 15.9 Å². The van der Waals surface area contributed by atoms with Gasteiger partial charge < -0.3 is 5.32 Å². The van der Waals surface area contributed by atoms with Gasteiger partial charge in [0.1, 0.15) is 0 Å². The van der Waals surface area contributed by atoms with E-state index in [0.717, 1.165) is 18.4 Å². The van der Waals surface area contributed by atoms with Gasteiger partial charge in [-0.25, -0.2) is 12.7 Å². The maximum absolute atomic E-state index is 12.1. The summed E-state index contributed by atoms with van der Waals surface area (Å²) in [6, 6.07) is 6.83. The molecule has 23 heavy (non-hydrogen) atoms. The third-order valence-corrected chi connectivity index (χ3v) is 6.12. The van der Waals surface area contributed by atoms with Crippen LogP contribution >= 0.6 is 0 Å². The normalized spacial score (nSPS) is 17.0. The lowest BCUT2D eigenvalue weighted by atomic mass is 10.1. The molecule has 0 bridgehead atoms. The number of hydrogen-bond donors (Lipinski definition) is 1. The van der Waals surface area contributed by atoms with Crippen LogP contribution in [0, 0.1) is 0 Å². The Hall–Kier alpha value is -1.40. The highest BCUT2D eigenvalue weighted by Gasteiger charge is 2.18. The number of benzene rings is 1. The smallest absolute Gasteiger partial charge is 0.242 e. The van der Waals surface area contributed by atoms with Gasteiger partial charge in [-0.1, -0.05) is 37.8 Å². The summed E-state index contributed by atoms with van der Waals surface area (Å²) in [5.41, 5.74) is 0.828. The quantitative estimate of drug-likeness (QED) is 0.838. The van der Waals surface area contributed by atoms with Crippen molar-refractivity contribution in [1.82, 2.24) is 9.62 Å². The summed E-state index contributed by atoms with van der Waals surface area (Å²) in [5.74, 6) is 0.0140. The minimum Gasteiger partial charge on any atom is -0.353 e. The molecule has 1 fully saturated rings. The zero-order chi connectivity index (χ0) is 16.9. The first-order valence-corrected chi connectivity index (χ1v) is 9.64. The third-order valence-electron chi connectivity index (χ3n) is 4.29. The second-order valence-corrected chi connectivity index (χ2v) is 8.52. The molecular formula is C17H26N2O3S. The Morgan fingerprint density at radius 1 is 1.09 bits per heavy atom. The Kier molecular flexibility index (Phi) is 6.18. The average Bonchev–Trinajstić information content (AvgIpc) is 2.76. The first kappa shape index (κ1) is 17.9. The summed E-state index contributed by atoms with van der Waals surface area (Å²) in [6.07, 6.45) is 7.29. The molecule has 0 aliphatic heterocycles. The molecule has 1 saturated carbocycles. The summed E-state index contributed by atoms with van der Waals surface area (Å²) in [5, 5.41) is 3.11. The van der Waals surface area contributed by atoms with Gasteiger partial charge in [-0.2, -0.15) is 0 Å². The van der Waals surface area contributed by atoms with Crippen molar-refractivity contribution in [3.8, 4) is 0 Å². The minimum absolute atomic E-state index is 0.0140. The van der Waals surface area contributed by atoms with Crippen LogP contribution in [0.5, 0.6) is 0 Å². The fraction of sp³-hybridized carbons (Fsp3) is 0.588. The van der Waals surface area contributed by atoms with Gasteiger partial charge >= 0.3 is 0 Å². The summed E-state index contributed by atoms with van der Waals surface area (Å²) in [7, 11) is -0.409. The van der Waals surface area contributed by atoms with E-state index in [4.69, 9.17) is 0 Å². The molecule has 0 aromatic heterocycles. The number of sulfonamides is 1. The highest BCUT2D eigenvalue weighted by Crippen LogP contribution is 2.18. The van der Waals surface area contributed by atoms with Crippen LogP contribution in [0.15, 0.2) is 29.2 Å². The molecule has 0 atom stereocenters. The van der Waals surface area contributed by atoms with E-state index in [0.29, 0.717) is 12.5 Å². The lowest BCUT2D eigenvalue weighted by molar-refractivity contribution is -0.121. The lowest BCUT2D eigenvalue weighted by Crippen LogP contribution is -2.35. The van der Waals surface area contributed by atoms with Gasteiger partial charge in [-0.3, -0.25) is 4.79 Å². The van der Waals surface area contributed by atoms with Crippen LogP contribution < -0.4 is 5.32 Å². The monoisotopic (exact) mass is 338 g/mol. The summed E-state index contributed by atoms with van der Waals surface area (Å²) >= 11 is 0. The maximum atomic E-state index is 12.1. The summed E-state index contributed by atoms with van der Waals surface area (Å²) in [6.45, 7) is 0. The molecule has 2 rings (SSSR count).